The molecule has 4 rings (SSSR count). The van der Waals surface area contributed by atoms with Crippen molar-refractivity contribution in [3.05, 3.63) is 70.8 Å². The Kier molecular flexibility index (Phi) is 11.4. The summed E-state index contributed by atoms with van der Waals surface area (Å²) in [5.41, 5.74) is 3.06. The lowest BCUT2D eigenvalue weighted by molar-refractivity contribution is -0.119. The van der Waals surface area contributed by atoms with Crippen molar-refractivity contribution in [1.29, 1.82) is 5.41 Å². The Morgan fingerprint density at radius 3 is 2.44 bits per heavy atom. The Morgan fingerprint density at radius 2 is 1.74 bits per heavy atom. The van der Waals surface area contributed by atoms with E-state index >= 15 is 0 Å². The molecule has 1 unspecified atom stereocenters. The number of hydrogen-bond donors (Lipinski definition) is 4. The number of rotatable bonds is 14. The predicted octanol–water partition coefficient (Wildman–Crippen LogP) is 4.17. The highest BCUT2D eigenvalue weighted by Gasteiger charge is 2.26. The molecular formula is C33H44N4O5S. The molecule has 1 saturated carbocycles. The largest absolute Gasteiger partial charge is 0.348 e. The third-order valence-corrected chi connectivity index (χ3v) is 9.73. The SMILES string of the molecule is CC(=O)c1cc(C(=O)N[C@H](CN[C@@H](C)C(=O)CC(=N)CC2CC2)Cc2ccccc2)cc(C2CCCNS(=O)(=O)CC2)c1. The molecule has 0 aromatic heterocycles. The first kappa shape index (κ1) is 32.7. The summed E-state index contributed by atoms with van der Waals surface area (Å²) in [5, 5.41) is 14.5. The van der Waals surface area contributed by atoms with E-state index in [2.05, 4.69) is 15.4 Å². The van der Waals surface area contributed by atoms with E-state index in [1.54, 1.807) is 25.1 Å². The molecule has 1 amide bonds. The zero-order valence-electron chi connectivity index (χ0n) is 25.2. The smallest absolute Gasteiger partial charge is 0.251 e. The zero-order chi connectivity index (χ0) is 31.0. The summed E-state index contributed by atoms with van der Waals surface area (Å²) in [5.74, 6) is -0.0741. The van der Waals surface area contributed by atoms with Gasteiger partial charge in [0.1, 0.15) is 0 Å². The maximum Gasteiger partial charge on any atom is 0.251 e. The van der Waals surface area contributed by atoms with Crippen LogP contribution in [0.5, 0.6) is 0 Å². The fourth-order valence-corrected chi connectivity index (χ4v) is 6.72. The number of amides is 1. The van der Waals surface area contributed by atoms with Gasteiger partial charge in [-0.25, -0.2) is 13.1 Å². The van der Waals surface area contributed by atoms with Gasteiger partial charge in [-0.2, -0.15) is 0 Å². The summed E-state index contributed by atoms with van der Waals surface area (Å²) in [6.45, 7) is 3.96. The van der Waals surface area contributed by atoms with E-state index < -0.39 is 16.1 Å². The summed E-state index contributed by atoms with van der Waals surface area (Å²) in [6, 6.07) is 14.1. The van der Waals surface area contributed by atoms with E-state index in [0.717, 1.165) is 30.4 Å². The van der Waals surface area contributed by atoms with Crippen molar-refractivity contribution < 1.29 is 22.8 Å². The lowest BCUT2D eigenvalue weighted by Gasteiger charge is -2.24. The van der Waals surface area contributed by atoms with Gasteiger partial charge in [-0.1, -0.05) is 30.3 Å². The number of nitrogens with one attached hydrogen (secondary N) is 4. The van der Waals surface area contributed by atoms with Crippen molar-refractivity contribution in [3.8, 4) is 0 Å². The van der Waals surface area contributed by atoms with E-state index in [-0.39, 0.29) is 41.6 Å². The van der Waals surface area contributed by atoms with Gasteiger partial charge in [-0.15, -0.1) is 0 Å². The zero-order valence-corrected chi connectivity index (χ0v) is 26.0. The summed E-state index contributed by atoms with van der Waals surface area (Å²) in [6.07, 6.45) is 5.46. The van der Waals surface area contributed by atoms with E-state index in [1.807, 2.05) is 30.3 Å². The first-order valence-corrected chi connectivity index (χ1v) is 16.9. The first-order chi connectivity index (χ1) is 20.5. The average Bonchev–Trinajstić information content (AvgIpc) is 3.78. The Labute approximate surface area is 255 Å². The average molecular weight is 609 g/mol. The number of sulfonamides is 1. The topological polar surface area (TPSA) is 145 Å². The van der Waals surface area contributed by atoms with Gasteiger partial charge in [-0.3, -0.25) is 14.4 Å². The van der Waals surface area contributed by atoms with E-state index in [0.29, 0.717) is 61.5 Å². The molecule has 4 N–H and O–H groups in total. The molecule has 2 aromatic rings. The van der Waals surface area contributed by atoms with Crippen LogP contribution in [0.4, 0.5) is 0 Å². The van der Waals surface area contributed by atoms with Gasteiger partial charge in [0.25, 0.3) is 5.91 Å². The van der Waals surface area contributed by atoms with Crippen molar-refractivity contribution >= 4 is 33.2 Å². The number of ketones is 2. The Balaban J connectivity index is 1.48. The van der Waals surface area contributed by atoms with Gasteiger partial charge in [-0.05, 0) is 100.0 Å². The highest BCUT2D eigenvalue weighted by atomic mass is 32.2. The number of hydrogen-bond acceptors (Lipinski definition) is 7. The van der Waals surface area contributed by atoms with Crippen LogP contribution < -0.4 is 15.4 Å². The minimum absolute atomic E-state index is 0.00866. The van der Waals surface area contributed by atoms with Crippen LogP contribution in [-0.2, 0) is 21.2 Å². The fourth-order valence-electron chi connectivity index (χ4n) is 5.53. The quantitative estimate of drug-likeness (QED) is 0.187. The molecule has 0 bridgehead atoms. The molecule has 1 heterocycles. The molecule has 10 heteroatoms. The lowest BCUT2D eigenvalue weighted by atomic mass is 9.88. The molecule has 2 aromatic carbocycles. The highest BCUT2D eigenvalue weighted by Crippen LogP contribution is 2.33. The van der Waals surface area contributed by atoms with Crippen molar-refractivity contribution in [2.24, 2.45) is 5.92 Å². The number of benzene rings is 2. The monoisotopic (exact) mass is 608 g/mol. The third kappa shape index (κ3) is 10.5. The minimum Gasteiger partial charge on any atom is -0.348 e. The van der Waals surface area contributed by atoms with E-state index in [1.165, 1.54) is 6.92 Å². The summed E-state index contributed by atoms with van der Waals surface area (Å²) in [4.78, 5) is 38.9. The van der Waals surface area contributed by atoms with Gasteiger partial charge in [0.15, 0.2) is 11.6 Å². The fraction of sp³-hybridized carbons (Fsp3) is 0.515. The maximum absolute atomic E-state index is 13.7. The van der Waals surface area contributed by atoms with E-state index in [9.17, 15) is 22.8 Å². The molecule has 0 radical (unpaired) electrons. The van der Waals surface area contributed by atoms with Crippen molar-refractivity contribution in [1.82, 2.24) is 15.4 Å². The summed E-state index contributed by atoms with van der Waals surface area (Å²) < 4.78 is 27.0. The molecule has 43 heavy (non-hydrogen) atoms. The predicted molar refractivity (Wildman–Crippen MR) is 168 cm³/mol. The van der Waals surface area contributed by atoms with Gasteiger partial charge >= 0.3 is 0 Å². The van der Waals surface area contributed by atoms with Crippen LogP contribution in [0.1, 0.15) is 96.6 Å². The second-order valence-electron chi connectivity index (χ2n) is 12.1. The van der Waals surface area contributed by atoms with Crippen LogP contribution >= 0.6 is 0 Å². The number of Topliss-reactive ketones (excluding diaryl/α,β-unsaturated/α-hetero) is 2. The second-order valence-corrected chi connectivity index (χ2v) is 14.1. The van der Waals surface area contributed by atoms with Crippen LogP contribution in [-0.4, -0.2) is 62.5 Å². The van der Waals surface area contributed by atoms with Gasteiger partial charge < -0.3 is 16.0 Å². The summed E-state index contributed by atoms with van der Waals surface area (Å²) in [7, 11) is -3.35. The highest BCUT2D eigenvalue weighted by molar-refractivity contribution is 7.89. The van der Waals surface area contributed by atoms with Crippen LogP contribution in [0, 0.1) is 11.3 Å². The standard InChI is InChI=1S/C33H44N4O5S/c1-22(32(39)20-30(34)15-25-10-11-25)35-21-31(16-24-7-4-3-5-8-24)37-33(40)29-18-27(23(2)38)17-28(19-29)26-9-6-13-36-43(41,42)14-12-26/h3-5,7-8,17-19,22,25-26,31,34-36H,6,9-16,20-21H2,1-2H3,(H,37,40)/t22-,26?,31-/m0/s1. The molecule has 9 nitrogen and oxygen atoms in total. The Bertz CT molecular complexity index is 1420. The van der Waals surface area contributed by atoms with E-state index in [4.69, 9.17) is 5.41 Å². The van der Waals surface area contributed by atoms with Crippen LogP contribution in [0.2, 0.25) is 0 Å². The second kappa shape index (κ2) is 15.0. The van der Waals surface area contributed by atoms with Crippen molar-refractivity contribution in [3.63, 3.8) is 0 Å². The third-order valence-electron chi connectivity index (χ3n) is 8.32. The minimum atomic E-state index is -3.35. The molecular weight excluding hydrogens is 564 g/mol. The molecule has 1 aliphatic carbocycles. The Morgan fingerprint density at radius 1 is 1.02 bits per heavy atom. The molecule has 0 spiro atoms. The molecule has 3 atom stereocenters. The van der Waals surface area contributed by atoms with Gasteiger partial charge in [0.2, 0.25) is 10.0 Å². The Hall–Kier alpha value is -3.21. The number of carbonyl (C=O) groups excluding carboxylic acids is 3. The van der Waals surface area contributed by atoms with Crippen LogP contribution in [0.15, 0.2) is 48.5 Å². The van der Waals surface area contributed by atoms with Crippen LogP contribution in [0.3, 0.4) is 0 Å². The van der Waals surface area contributed by atoms with Crippen molar-refractivity contribution in [2.45, 2.75) is 83.2 Å². The van der Waals surface area contributed by atoms with Crippen molar-refractivity contribution in [2.75, 3.05) is 18.8 Å². The molecule has 1 saturated heterocycles. The van der Waals surface area contributed by atoms with Gasteiger partial charge in [0.05, 0.1) is 11.8 Å². The lowest BCUT2D eigenvalue weighted by Crippen LogP contribution is -2.47. The molecule has 232 valence electrons. The normalized spacial score (nSPS) is 19.8. The summed E-state index contributed by atoms with van der Waals surface area (Å²) >= 11 is 0. The molecule has 1 aliphatic heterocycles. The molecule has 2 aliphatic rings. The molecule has 2 fully saturated rings. The van der Waals surface area contributed by atoms with Gasteiger partial charge in [0, 0.05) is 42.4 Å². The van der Waals surface area contributed by atoms with Crippen LogP contribution in [0.25, 0.3) is 0 Å². The maximum atomic E-state index is 13.7. The first-order valence-electron chi connectivity index (χ1n) is 15.3. The number of carbonyl (C=O) groups is 3.